The van der Waals surface area contributed by atoms with Crippen molar-refractivity contribution >= 4 is 23.0 Å². The average Bonchev–Trinajstić information content (AvgIpc) is 2.67. The summed E-state index contributed by atoms with van der Waals surface area (Å²) in [6.45, 7) is 4.51. The fourth-order valence-electron chi connectivity index (χ4n) is 3.22. The number of nitrogens with zero attached hydrogens (tertiary/aromatic N) is 2. The van der Waals surface area contributed by atoms with E-state index in [1.807, 2.05) is 24.3 Å². The van der Waals surface area contributed by atoms with E-state index in [0.29, 0.717) is 0 Å². The lowest BCUT2D eigenvalue weighted by molar-refractivity contribution is 0.262. The van der Waals surface area contributed by atoms with Gasteiger partial charge in [-0.15, -0.1) is 0 Å². The van der Waals surface area contributed by atoms with Crippen molar-refractivity contribution < 1.29 is 9.47 Å². The highest BCUT2D eigenvalue weighted by Gasteiger charge is 2.23. The predicted octanol–water partition coefficient (Wildman–Crippen LogP) is 3.17. The molecule has 0 bridgehead atoms. The first-order valence-electron chi connectivity index (χ1n) is 8.67. The van der Waals surface area contributed by atoms with Crippen molar-refractivity contribution in [3.63, 3.8) is 0 Å². The Kier molecular flexibility index (Phi) is 5.96. The largest absolute Gasteiger partial charge is 0.493 e. The second-order valence-electron chi connectivity index (χ2n) is 6.29. The molecule has 0 aromatic heterocycles. The van der Waals surface area contributed by atoms with Crippen LogP contribution in [-0.2, 0) is 6.42 Å². The van der Waals surface area contributed by atoms with Crippen molar-refractivity contribution in [1.29, 1.82) is 0 Å². The molecule has 3 rings (SSSR count). The summed E-state index contributed by atoms with van der Waals surface area (Å²) in [6, 6.07) is 14.3. The van der Waals surface area contributed by atoms with Gasteiger partial charge in [-0.2, -0.15) is 0 Å². The van der Waals surface area contributed by atoms with Crippen LogP contribution in [0.5, 0.6) is 11.5 Å². The van der Waals surface area contributed by atoms with Crippen LogP contribution in [0.4, 0.5) is 5.69 Å². The molecule has 1 fully saturated rings. The van der Waals surface area contributed by atoms with E-state index in [1.165, 1.54) is 5.56 Å². The highest BCUT2D eigenvalue weighted by atomic mass is 32.1. The number of anilines is 1. The van der Waals surface area contributed by atoms with Gasteiger partial charge in [0.2, 0.25) is 0 Å². The van der Waals surface area contributed by atoms with Gasteiger partial charge in [-0.25, -0.2) is 0 Å². The van der Waals surface area contributed by atoms with E-state index in [1.54, 1.807) is 14.2 Å². The summed E-state index contributed by atoms with van der Waals surface area (Å²) in [6.07, 6.45) is 0.871. The van der Waals surface area contributed by atoms with Gasteiger partial charge in [-0.3, -0.25) is 4.90 Å². The van der Waals surface area contributed by atoms with E-state index in [2.05, 4.69) is 40.2 Å². The van der Waals surface area contributed by atoms with E-state index >= 15 is 0 Å². The Morgan fingerprint density at radius 3 is 2.62 bits per heavy atom. The maximum Gasteiger partial charge on any atom is 0.175 e. The van der Waals surface area contributed by atoms with Gasteiger partial charge in [0, 0.05) is 12.2 Å². The van der Waals surface area contributed by atoms with Crippen LogP contribution in [0.15, 0.2) is 42.5 Å². The molecule has 5 nitrogen and oxygen atoms in total. The zero-order chi connectivity index (χ0) is 18.5. The van der Waals surface area contributed by atoms with Crippen molar-refractivity contribution in [3.05, 3.63) is 53.6 Å². The van der Waals surface area contributed by atoms with Gasteiger partial charge in [0.15, 0.2) is 16.6 Å². The van der Waals surface area contributed by atoms with Gasteiger partial charge >= 0.3 is 0 Å². The number of nitrogens with one attached hydrogen (secondary N) is 1. The molecule has 0 radical (unpaired) electrons. The van der Waals surface area contributed by atoms with Crippen LogP contribution >= 0.6 is 12.2 Å². The lowest BCUT2D eigenvalue weighted by Gasteiger charge is -2.38. The van der Waals surface area contributed by atoms with Crippen LogP contribution in [-0.4, -0.2) is 44.1 Å². The third kappa shape index (κ3) is 3.92. The molecule has 2 aromatic rings. The molecule has 1 aliphatic heterocycles. The summed E-state index contributed by atoms with van der Waals surface area (Å²) in [5, 5.41) is 4.10. The standard InChI is InChI=1S/C20H25N3O2S/c1-15-7-4-5-9-17(15)23-14-22(13-21-20(23)26)12-11-16-8-6-10-18(24-2)19(16)25-3/h4-10H,11-14H2,1-3H3,(H,21,26). The minimum atomic E-state index is 0.744. The zero-order valence-corrected chi connectivity index (χ0v) is 16.3. The molecule has 1 aliphatic rings. The Morgan fingerprint density at radius 1 is 1.08 bits per heavy atom. The average molecular weight is 372 g/mol. The van der Waals surface area contributed by atoms with E-state index in [-0.39, 0.29) is 0 Å². The topological polar surface area (TPSA) is 37.0 Å². The lowest BCUT2D eigenvalue weighted by atomic mass is 10.1. The molecule has 2 aromatic carbocycles. The minimum Gasteiger partial charge on any atom is -0.493 e. The summed E-state index contributed by atoms with van der Waals surface area (Å²) in [5.74, 6) is 1.58. The number of aryl methyl sites for hydroxylation is 1. The number of hydrogen-bond donors (Lipinski definition) is 1. The third-order valence-electron chi connectivity index (χ3n) is 4.63. The molecule has 0 unspecified atom stereocenters. The Morgan fingerprint density at radius 2 is 1.88 bits per heavy atom. The van der Waals surface area contributed by atoms with Crippen molar-refractivity contribution in [2.45, 2.75) is 13.3 Å². The highest BCUT2D eigenvalue weighted by Crippen LogP contribution is 2.31. The molecule has 1 N–H and O–H groups in total. The van der Waals surface area contributed by atoms with Gasteiger partial charge in [0.05, 0.1) is 27.6 Å². The van der Waals surface area contributed by atoms with Crippen LogP contribution in [0, 0.1) is 6.92 Å². The van der Waals surface area contributed by atoms with Crippen LogP contribution < -0.4 is 19.7 Å². The van der Waals surface area contributed by atoms with Gasteiger partial charge in [0.1, 0.15) is 0 Å². The Balaban J connectivity index is 1.70. The number of ether oxygens (including phenoxy) is 2. The number of rotatable bonds is 6. The number of hydrogen-bond acceptors (Lipinski definition) is 4. The highest BCUT2D eigenvalue weighted by molar-refractivity contribution is 7.80. The van der Waals surface area contributed by atoms with E-state index in [4.69, 9.17) is 21.7 Å². The molecule has 138 valence electrons. The Hall–Kier alpha value is -2.31. The molecular formula is C20H25N3O2S. The summed E-state index contributed by atoms with van der Waals surface area (Å²) in [4.78, 5) is 4.48. The van der Waals surface area contributed by atoms with Crippen LogP contribution in [0.1, 0.15) is 11.1 Å². The molecule has 6 heteroatoms. The molecule has 26 heavy (non-hydrogen) atoms. The lowest BCUT2D eigenvalue weighted by Crippen LogP contribution is -2.56. The van der Waals surface area contributed by atoms with Gasteiger partial charge < -0.3 is 19.7 Å². The van der Waals surface area contributed by atoms with Crippen molar-refractivity contribution in [2.24, 2.45) is 0 Å². The molecule has 0 atom stereocenters. The first-order chi connectivity index (χ1) is 12.6. The second-order valence-corrected chi connectivity index (χ2v) is 6.68. The fourth-order valence-corrected chi connectivity index (χ4v) is 3.44. The van der Waals surface area contributed by atoms with E-state index in [0.717, 1.165) is 54.2 Å². The van der Waals surface area contributed by atoms with Gasteiger partial charge in [-0.05, 0) is 48.8 Å². The normalized spacial score (nSPS) is 14.9. The summed E-state index contributed by atoms with van der Waals surface area (Å²) in [5.41, 5.74) is 3.50. The monoisotopic (exact) mass is 371 g/mol. The summed E-state index contributed by atoms with van der Waals surface area (Å²) >= 11 is 5.52. The second kappa shape index (κ2) is 8.38. The maximum atomic E-state index is 5.54. The third-order valence-corrected chi connectivity index (χ3v) is 4.99. The molecule has 0 spiro atoms. The zero-order valence-electron chi connectivity index (χ0n) is 15.5. The molecule has 1 saturated heterocycles. The van der Waals surface area contributed by atoms with Crippen molar-refractivity contribution in [2.75, 3.05) is 39.0 Å². The smallest absolute Gasteiger partial charge is 0.175 e. The Labute approximate surface area is 160 Å². The number of benzene rings is 2. The number of para-hydroxylation sites is 2. The molecular weight excluding hydrogens is 346 g/mol. The van der Waals surface area contributed by atoms with Crippen molar-refractivity contribution in [1.82, 2.24) is 10.2 Å². The summed E-state index contributed by atoms with van der Waals surface area (Å²) in [7, 11) is 3.35. The van der Waals surface area contributed by atoms with E-state index in [9.17, 15) is 0 Å². The summed E-state index contributed by atoms with van der Waals surface area (Å²) < 4.78 is 10.9. The van der Waals surface area contributed by atoms with Crippen molar-refractivity contribution in [3.8, 4) is 11.5 Å². The minimum absolute atomic E-state index is 0.744. The van der Waals surface area contributed by atoms with Crippen LogP contribution in [0.25, 0.3) is 0 Å². The predicted molar refractivity (Wildman–Crippen MR) is 109 cm³/mol. The van der Waals surface area contributed by atoms with Crippen LogP contribution in [0.3, 0.4) is 0 Å². The van der Waals surface area contributed by atoms with Gasteiger partial charge in [0.25, 0.3) is 0 Å². The molecule has 0 amide bonds. The molecule has 0 aliphatic carbocycles. The quantitative estimate of drug-likeness (QED) is 0.786. The fraction of sp³-hybridized carbons (Fsp3) is 0.350. The first-order valence-corrected chi connectivity index (χ1v) is 9.08. The van der Waals surface area contributed by atoms with Gasteiger partial charge in [-0.1, -0.05) is 30.3 Å². The molecule has 1 heterocycles. The Bertz CT molecular complexity index is 781. The first kappa shape index (κ1) is 18.5. The molecule has 0 saturated carbocycles. The van der Waals surface area contributed by atoms with Crippen LogP contribution in [0.2, 0.25) is 0 Å². The maximum absolute atomic E-state index is 5.54. The number of methoxy groups -OCH3 is 2. The number of thiocarbonyl (C=S) groups is 1. The van der Waals surface area contributed by atoms with E-state index < -0.39 is 0 Å². The SMILES string of the molecule is COc1cccc(CCN2CNC(=S)N(c3ccccc3C)C2)c1OC.